The second kappa shape index (κ2) is 6.14. The molecular formula is C19H19FN2. The van der Waals surface area contributed by atoms with Crippen molar-refractivity contribution in [3.63, 3.8) is 0 Å². The van der Waals surface area contributed by atoms with Crippen molar-refractivity contribution in [3.05, 3.63) is 71.8 Å². The number of hydrogen-bond donors (Lipinski definition) is 0. The zero-order valence-corrected chi connectivity index (χ0v) is 12.9. The van der Waals surface area contributed by atoms with Crippen LogP contribution in [-0.4, -0.2) is 9.78 Å². The Balaban J connectivity index is 1.89. The Bertz CT molecular complexity index is 755. The summed E-state index contributed by atoms with van der Waals surface area (Å²) in [7, 11) is 0. The number of nitrogens with zero attached hydrogens (tertiary/aromatic N) is 2. The predicted octanol–water partition coefficient (Wildman–Crippen LogP) is 4.94. The Hall–Kier alpha value is -2.42. The number of hydrogen-bond acceptors (Lipinski definition) is 1. The second-order valence-electron chi connectivity index (χ2n) is 5.47. The maximum atomic E-state index is 13.0. The van der Waals surface area contributed by atoms with Crippen molar-refractivity contribution in [2.24, 2.45) is 0 Å². The average molecular weight is 294 g/mol. The summed E-state index contributed by atoms with van der Waals surface area (Å²) >= 11 is 0. The molecule has 2 aromatic carbocycles. The smallest absolute Gasteiger partial charge is 0.123 e. The zero-order valence-electron chi connectivity index (χ0n) is 12.9. The second-order valence-corrected chi connectivity index (χ2v) is 5.47. The Kier molecular flexibility index (Phi) is 4.05. The number of rotatable bonds is 4. The minimum Gasteiger partial charge on any atom is -0.238 e. The summed E-state index contributed by atoms with van der Waals surface area (Å²) in [5, 5.41) is 4.49. The van der Waals surface area contributed by atoms with E-state index in [1.165, 1.54) is 23.4 Å². The van der Waals surface area contributed by atoms with E-state index in [1.807, 2.05) is 23.0 Å². The summed E-state index contributed by atoms with van der Waals surface area (Å²) in [5.74, 6) is -0.212. The van der Waals surface area contributed by atoms with Crippen LogP contribution in [0.4, 0.5) is 4.39 Å². The predicted molar refractivity (Wildman–Crippen MR) is 87.7 cm³/mol. The molecule has 3 aromatic rings. The van der Waals surface area contributed by atoms with Crippen LogP contribution >= 0.6 is 0 Å². The molecule has 0 radical (unpaired) electrons. The van der Waals surface area contributed by atoms with Gasteiger partial charge in [-0.1, -0.05) is 37.6 Å². The molecule has 0 aliphatic heterocycles. The van der Waals surface area contributed by atoms with Crippen LogP contribution in [0.3, 0.4) is 0 Å². The van der Waals surface area contributed by atoms with Crippen LogP contribution in [0.15, 0.2) is 54.7 Å². The molecule has 0 fully saturated rings. The molecule has 2 nitrogen and oxygen atoms in total. The lowest BCUT2D eigenvalue weighted by Gasteiger charge is -2.07. The van der Waals surface area contributed by atoms with Gasteiger partial charge in [-0.05, 0) is 54.3 Å². The number of aromatic nitrogens is 2. The lowest BCUT2D eigenvalue weighted by molar-refractivity contribution is 0.628. The fraction of sp³-hybridized carbons (Fsp3) is 0.211. The van der Waals surface area contributed by atoms with Crippen LogP contribution < -0.4 is 0 Å². The van der Waals surface area contributed by atoms with Gasteiger partial charge < -0.3 is 0 Å². The highest BCUT2D eigenvalue weighted by Crippen LogP contribution is 2.22. The summed E-state index contributed by atoms with van der Waals surface area (Å²) in [6, 6.07) is 14.7. The van der Waals surface area contributed by atoms with Crippen molar-refractivity contribution in [2.75, 3.05) is 0 Å². The van der Waals surface area contributed by atoms with Gasteiger partial charge >= 0.3 is 0 Å². The van der Waals surface area contributed by atoms with E-state index >= 15 is 0 Å². The quantitative estimate of drug-likeness (QED) is 0.666. The lowest BCUT2D eigenvalue weighted by Crippen LogP contribution is -1.99. The van der Waals surface area contributed by atoms with Gasteiger partial charge in [-0.2, -0.15) is 5.10 Å². The molecule has 0 spiro atoms. The first-order valence-corrected chi connectivity index (χ1v) is 7.59. The Labute approximate surface area is 130 Å². The molecule has 0 amide bonds. The number of benzene rings is 2. The highest BCUT2D eigenvalue weighted by Gasteiger charge is 2.07. The lowest BCUT2D eigenvalue weighted by atomic mass is 10.1. The molecule has 0 aliphatic carbocycles. The molecule has 0 aliphatic rings. The van der Waals surface area contributed by atoms with Crippen molar-refractivity contribution >= 4 is 0 Å². The van der Waals surface area contributed by atoms with E-state index in [0.29, 0.717) is 0 Å². The van der Waals surface area contributed by atoms with Gasteiger partial charge in [0, 0.05) is 5.69 Å². The highest BCUT2D eigenvalue weighted by molar-refractivity contribution is 5.64. The van der Waals surface area contributed by atoms with Crippen molar-refractivity contribution in [3.8, 4) is 16.8 Å². The maximum Gasteiger partial charge on any atom is 0.123 e. The molecule has 3 heteroatoms. The minimum atomic E-state index is -0.212. The van der Waals surface area contributed by atoms with Gasteiger partial charge in [0.05, 0.1) is 11.9 Å². The van der Waals surface area contributed by atoms with Crippen LogP contribution in [-0.2, 0) is 6.42 Å². The SMILES string of the molecule is CCCc1cnn(-c2ccc(-c3ccc(F)cc3)cc2)c1C. The molecule has 1 heterocycles. The van der Waals surface area contributed by atoms with E-state index in [4.69, 9.17) is 0 Å². The summed E-state index contributed by atoms with van der Waals surface area (Å²) < 4.78 is 15.0. The van der Waals surface area contributed by atoms with Gasteiger partial charge in [0.1, 0.15) is 5.82 Å². The standard InChI is InChI=1S/C19H19FN2/c1-3-4-17-13-21-22(14(17)2)19-11-7-16(8-12-19)15-5-9-18(20)10-6-15/h5-13H,3-4H2,1-2H3. The fourth-order valence-corrected chi connectivity index (χ4v) is 2.66. The molecule has 112 valence electrons. The van der Waals surface area contributed by atoms with Crippen molar-refractivity contribution in [2.45, 2.75) is 26.7 Å². The van der Waals surface area contributed by atoms with Crippen LogP contribution in [0, 0.1) is 12.7 Å². The Morgan fingerprint density at radius 2 is 1.55 bits per heavy atom. The maximum absolute atomic E-state index is 13.0. The fourth-order valence-electron chi connectivity index (χ4n) is 2.66. The average Bonchev–Trinajstić information content (AvgIpc) is 2.90. The van der Waals surface area contributed by atoms with E-state index in [1.54, 1.807) is 12.1 Å². The van der Waals surface area contributed by atoms with E-state index in [0.717, 1.165) is 29.7 Å². The molecule has 0 bridgehead atoms. The molecule has 0 atom stereocenters. The summed E-state index contributed by atoms with van der Waals surface area (Å²) in [5.41, 5.74) is 5.62. The zero-order chi connectivity index (χ0) is 15.5. The molecule has 22 heavy (non-hydrogen) atoms. The van der Waals surface area contributed by atoms with Gasteiger partial charge in [-0.25, -0.2) is 9.07 Å². The molecule has 1 aromatic heterocycles. The van der Waals surface area contributed by atoms with Crippen LogP contribution in [0.5, 0.6) is 0 Å². The molecule has 0 saturated heterocycles. The number of halogens is 1. The van der Waals surface area contributed by atoms with E-state index < -0.39 is 0 Å². The third-order valence-electron chi connectivity index (χ3n) is 3.92. The number of aryl methyl sites for hydroxylation is 1. The van der Waals surface area contributed by atoms with Gasteiger partial charge in [-0.3, -0.25) is 0 Å². The van der Waals surface area contributed by atoms with Gasteiger partial charge in [-0.15, -0.1) is 0 Å². The van der Waals surface area contributed by atoms with Crippen molar-refractivity contribution < 1.29 is 4.39 Å². The summed E-state index contributed by atoms with van der Waals surface area (Å²) in [6.07, 6.45) is 4.13. The topological polar surface area (TPSA) is 17.8 Å². The van der Waals surface area contributed by atoms with Crippen LogP contribution in [0.1, 0.15) is 24.6 Å². The molecule has 0 N–H and O–H groups in total. The third-order valence-corrected chi connectivity index (χ3v) is 3.92. The minimum absolute atomic E-state index is 0.212. The largest absolute Gasteiger partial charge is 0.238 e. The Morgan fingerprint density at radius 1 is 0.955 bits per heavy atom. The molecule has 3 rings (SSSR count). The summed E-state index contributed by atoms with van der Waals surface area (Å²) in [4.78, 5) is 0. The first kappa shape index (κ1) is 14.5. The third kappa shape index (κ3) is 2.80. The Morgan fingerprint density at radius 3 is 2.14 bits per heavy atom. The normalized spacial score (nSPS) is 10.9. The van der Waals surface area contributed by atoms with Gasteiger partial charge in [0.2, 0.25) is 0 Å². The highest BCUT2D eigenvalue weighted by atomic mass is 19.1. The van der Waals surface area contributed by atoms with Crippen LogP contribution in [0.2, 0.25) is 0 Å². The summed E-state index contributed by atoms with van der Waals surface area (Å²) in [6.45, 7) is 4.28. The molecular weight excluding hydrogens is 275 g/mol. The van der Waals surface area contributed by atoms with Gasteiger partial charge in [0.25, 0.3) is 0 Å². The van der Waals surface area contributed by atoms with E-state index in [-0.39, 0.29) is 5.82 Å². The molecule has 0 saturated carbocycles. The molecule has 0 unspecified atom stereocenters. The van der Waals surface area contributed by atoms with E-state index in [9.17, 15) is 4.39 Å². The van der Waals surface area contributed by atoms with E-state index in [2.05, 4.69) is 31.1 Å². The van der Waals surface area contributed by atoms with Gasteiger partial charge in [0.15, 0.2) is 0 Å². The first-order chi connectivity index (χ1) is 10.7. The monoisotopic (exact) mass is 294 g/mol. The van der Waals surface area contributed by atoms with Crippen molar-refractivity contribution in [1.82, 2.24) is 9.78 Å². The van der Waals surface area contributed by atoms with Crippen LogP contribution in [0.25, 0.3) is 16.8 Å². The van der Waals surface area contributed by atoms with Crippen molar-refractivity contribution in [1.29, 1.82) is 0 Å². The first-order valence-electron chi connectivity index (χ1n) is 7.59.